The minimum absolute atomic E-state index is 0.0876. The van der Waals surface area contributed by atoms with E-state index >= 15 is 0 Å². The molecule has 1 aromatic heterocycles. The second kappa shape index (κ2) is 8.87. The first-order chi connectivity index (χ1) is 12.6. The number of benzene rings is 1. The normalized spacial score (nSPS) is 17.8. The number of pyridine rings is 1. The summed E-state index contributed by atoms with van der Waals surface area (Å²) >= 11 is 0. The van der Waals surface area contributed by atoms with Gasteiger partial charge in [-0.2, -0.15) is 0 Å². The zero-order chi connectivity index (χ0) is 18.4. The Kier molecular flexibility index (Phi) is 6.30. The topological polar surface area (TPSA) is 54.5 Å². The van der Waals surface area contributed by atoms with Gasteiger partial charge in [0.1, 0.15) is 11.5 Å². The van der Waals surface area contributed by atoms with Crippen molar-refractivity contribution in [1.82, 2.24) is 15.2 Å². The molecule has 0 bridgehead atoms. The van der Waals surface area contributed by atoms with E-state index in [1.807, 2.05) is 24.3 Å². The third-order valence-electron chi connectivity index (χ3n) is 4.49. The number of nitrogens with one attached hydrogen (secondary N) is 1. The molecule has 1 aromatic carbocycles. The standard InChI is InChI=1S/C20H24FN3O2/c1-26-14-18-4-2-6-19(22-18)20(25)23-17-5-3-11-24(13-17)12-15-7-9-16(21)10-8-15/h2,4,6-10,17H,3,5,11-14H2,1H3,(H,23,25)/t17-/m1/s1. The molecule has 3 rings (SSSR count). The van der Waals surface area contributed by atoms with Gasteiger partial charge in [-0.25, -0.2) is 9.37 Å². The molecule has 0 unspecified atom stereocenters. The number of hydrogen-bond acceptors (Lipinski definition) is 4. The van der Waals surface area contributed by atoms with Gasteiger partial charge in [0, 0.05) is 26.2 Å². The summed E-state index contributed by atoms with van der Waals surface area (Å²) in [7, 11) is 1.60. The largest absolute Gasteiger partial charge is 0.378 e. The number of rotatable bonds is 6. The first-order valence-corrected chi connectivity index (χ1v) is 8.86. The van der Waals surface area contributed by atoms with Crippen LogP contribution in [0.15, 0.2) is 42.5 Å². The lowest BCUT2D eigenvalue weighted by atomic mass is 10.0. The molecule has 1 aliphatic heterocycles. The van der Waals surface area contributed by atoms with Crippen LogP contribution in [-0.4, -0.2) is 42.0 Å². The van der Waals surface area contributed by atoms with E-state index in [1.165, 1.54) is 12.1 Å². The van der Waals surface area contributed by atoms with Gasteiger partial charge in [0.05, 0.1) is 12.3 Å². The molecule has 0 aliphatic carbocycles. The van der Waals surface area contributed by atoms with Crippen molar-refractivity contribution in [2.75, 3.05) is 20.2 Å². The quantitative estimate of drug-likeness (QED) is 0.864. The Labute approximate surface area is 153 Å². The monoisotopic (exact) mass is 357 g/mol. The smallest absolute Gasteiger partial charge is 0.270 e. The third kappa shape index (κ3) is 5.09. The van der Waals surface area contributed by atoms with Crippen LogP contribution >= 0.6 is 0 Å². The summed E-state index contributed by atoms with van der Waals surface area (Å²) in [5, 5.41) is 3.09. The minimum Gasteiger partial charge on any atom is -0.378 e. The molecule has 1 aliphatic rings. The number of carbonyl (C=O) groups excluding carboxylic acids is 1. The van der Waals surface area contributed by atoms with Crippen LogP contribution in [0.5, 0.6) is 0 Å². The third-order valence-corrected chi connectivity index (χ3v) is 4.49. The molecule has 26 heavy (non-hydrogen) atoms. The molecule has 0 saturated carbocycles. The highest BCUT2D eigenvalue weighted by Gasteiger charge is 2.22. The maximum Gasteiger partial charge on any atom is 0.270 e. The number of hydrogen-bond donors (Lipinski definition) is 1. The predicted octanol–water partition coefficient (Wildman–Crippen LogP) is 2.76. The minimum atomic E-state index is -0.222. The number of piperidine rings is 1. The van der Waals surface area contributed by atoms with Crippen LogP contribution in [0.4, 0.5) is 4.39 Å². The molecule has 1 atom stereocenters. The van der Waals surface area contributed by atoms with Crippen molar-refractivity contribution >= 4 is 5.91 Å². The fraction of sp³-hybridized carbons (Fsp3) is 0.400. The Morgan fingerprint density at radius 1 is 1.31 bits per heavy atom. The van der Waals surface area contributed by atoms with Gasteiger partial charge in [-0.15, -0.1) is 0 Å². The molecule has 1 fully saturated rings. The number of halogens is 1. The van der Waals surface area contributed by atoms with Crippen LogP contribution in [-0.2, 0) is 17.9 Å². The van der Waals surface area contributed by atoms with Crippen molar-refractivity contribution in [3.05, 3.63) is 65.2 Å². The first-order valence-electron chi connectivity index (χ1n) is 8.86. The summed E-state index contributed by atoms with van der Waals surface area (Å²) in [5.74, 6) is -0.377. The number of amides is 1. The van der Waals surface area contributed by atoms with E-state index in [-0.39, 0.29) is 17.8 Å². The molecule has 0 radical (unpaired) electrons. The Hall–Kier alpha value is -2.31. The fourth-order valence-corrected chi connectivity index (χ4v) is 3.26. The van der Waals surface area contributed by atoms with E-state index in [0.29, 0.717) is 12.3 Å². The number of carbonyl (C=O) groups is 1. The van der Waals surface area contributed by atoms with Gasteiger partial charge >= 0.3 is 0 Å². The Balaban J connectivity index is 1.56. The van der Waals surface area contributed by atoms with Crippen LogP contribution in [0.3, 0.4) is 0 Å². The van der Waals surface area contributed by atoms with Crippen molar-refractivity contribution in [1.29, 1.82) is 0 Å². The molecule has 1 saturated heterocycles. The van der Waals surface area contributed by atoms with E-state index in [1.54, 1.807) is 13.2 Å². The summed E-state index contributed by atoms with van der Waals surface area (Å²) in [5.41, 5.74) is 2.23. The number of nitrogens with zero attached hydrogens (tertiary/aromatic N) is 2. The van der Waals surface area contributed by atoms with E-state index in [9.17, 15) is 9.18 Å². The van der Waals surface area contributed by atoms with Crippen LogP contribution < -0.4 is 5.32 Å². The van der Waals surface area contributed by atoms with E-state index < -0.39 is 0 Å². The van der Waals surface area contributed by atoms with Crippen LogP contribution in [0.2, 0.25) is 0 Å². The van der Waals surface area contributed by atoms with Gasteiger partial charge in [-0.05, 0) is 49.2 Å². The van der Waals surface area contributed by atoms with Crippen molar-refractivity contribution in [2.24, 2.45) is 0 Å². The van der Waals surface area contributed by atoms with E-state index in [4.69, 9.17) is 4.74 Å². The molecule has 5 nitrogen and oxygen atoms in total. The Morgan fingerprint density at radius 2 is 2.12 bits per heavy atom. The molecular formula is C20H24FN3O2. The molecule has 138 valence electrons. The SMILES string of the molecule is COCc1cccc(C(=O)N[C@@H]2CCCN(Cc3ccc(F)cc3)C2)n1. The Bertz CT molecular complexity index is 736. The zero-order valence-electron chi connectivity index (χ0n) is 15.0. The van der Waals surface area contributed by atoms with Crippen molar-refractivity contribution in [2.45, 2.75) is 32.0 Å². The van der Waals surface area contributed by atoms with Gasteiger partial charge < -0.3 is 10.1 Å². The average Bonchev–Trinajstić information content (AvgIpc) is 2.64. The summed E-state index contributed by atoms with van der Waals surface area (Å²) in [6.07, 6.45) is 1.96. The number of likely N-dealkylation sites (tertiary alicyclic amines) is 1. The van der Waals surface area contributed by atoms with Crippen LogP contribution in [0, 0.1) is 5.82 Å². The molecule has 1 amide bonds. The predicted molar refractivity (Wildman–Crippen MR) is 97.1 cm³/mol. The molecule has 1 N–H and O–H groups in total. The fourth-order valence-electron chi connectivity index (χ4n) is 3.26. The van der Waals surface area contributed by atoms with Crippen molar-refractivity contribution < 1.29 is 13.9 Å². The van der Waals surface area contributed by atoms with Crippen LogP contribution in [0.25, 0.3) is 0 Å². The highest BCUT2D eigenvalue weighted by Crippen LogP contribution is 2.15. The van der Waals surface area contributed by atoms with Crippen LogP contribution in [0.1, 0.15) is 34.6 Å². The highest BCUT2D eigenvalue weighted by molar-refractivity contribution is 5.92. The molecule has 2 aromatic rings. The lowest BCUT2D eigenvalue weighted by Crippen LogP contribution is -2.47. The van der Waals surface area contributed by atoms with E-state index in [0.717, 1.165) is 43.7 Å². The van der Waals surface area contributed by atoms with Crippen molar-refractivity contribution in [3.8, 4) is 0 Å². The van der Waals surface area contributed by atoms with E-state index in [2.05, 4.69) is 15.2 Å². The van der Waals surface area contributed by atoms with Gasteiger partial charge in [0.25, 0.3) is 5.91 Å². The summed E-state index contributed by atoms with van der Waals surface area (Å²) in [6, 6.07) is 12.0. The lowest BCUT2D eigenvalue weighted by Gasteiger charge is -2.33. The van der Waals surface area contributed by atoms with Gasteiger partial charge in [-0.1, -0.05) is 18.2 Å². The highest BCUT2D eigenvalue weighted by atomic mass is 19.1. The second-order valence-electron chi connectivity index (χ2n) is 6.62. The summed E-state index contributed by atoms with van der Waals surface area (Å²) in [4.78, 5) is 19.1. The molecular weight excluding hydrogens is 333 g/mol. The number of ether oxygens (including phenoxy) is 1. The zero-order valence-corrected chi connectivity index (χ0v) is 15.0. The van der Waals surface area contributed by atoms with Gasteiger partial charge in [0.15, 0.2) is 0 Å². The second-order valence-corrected chi connectivity index (χ2v) is 6.62. The number of methoxy groups -OCH3 is 1. The maximum atomic E-state index is 13.0. The average molecular weight is 357 g/mol. The number of aromatic nitrogens is 1. The lowest BCUT2D eigenvalue weighted by molar-refractivity contribution is 0.0894. The van der Waals surface area contributed by atoms with Gasteiger partial charge in [0.2, 0.25) is 0 Å². The molecule has 2 heterocycles. The maximum absolute atomic E-state index is 13.0. The molecule has 0 spiro atoms. The van der Waals surface area contributed by atoms with Crippen molar-refractivity contribution in [3.63, 3.8) is 0 Å². The molecule has 6 heteroatoms. The summed E-state index contributed by atoms with van der Waals surface area (Å²) in [6.45, 7) is 2.90. The Morgan fingerprint density at radius 3 is 2.88 bits per heavy atom. The van der Waals surface area contributed by atoms with Gasteiger partial charge in [-0.3, -0.25) is 9.69 Å². The summed E-state index contributed by atoms with van der Waals surface area (Å²) < 4.78 is 18.1. The first kappa shape index (κ1) is 18.5.